The third-order valence-corrected chi connectivity index (χ3v) is 5.18. The molecule has 0 aliphatic carbocycles. The highest BCUT2D eigenvalue weighted by Gasteiger charge is 2.30. The van der Waals surface area contributed by atoms with Crippen LogP contribution in [0.5, 0.6) is 0 Å². The number of carbonyl (C=O) groups excluding carboxylic acids is 1. The number of nitrogens with zero attached hydrogens (tertiary/aromatic N) is 2. The van der Waals surface area contributed by atoms with Gasteiger partial charge in [0.05, 0.1) is 11.5 Å². The van der Waals surface area contributed by atoms with Crippen molar-refractivity contribution in [3.63, 3.8) is 0 Å². The summed E-state index contributed by atoms with van der Waals surface area (Å²) in [6.07, 6.45) is 2.10. The Bertz CT molecular complexity index is 823. The predicted octanol–water partition coefficient (Wildman–Crippen LogP) is 4.16. The second kappa shape index (κ2) is 7.83. The number of hydrogen-bond donors (Lipinski definition) is 1. The Morgan fingerprint density at radius 2 is 1.79 bits per heavy atom. The number of thioether (sulfide) groups is 1. The van der Waals surface area contributed by atoms with Crippen molar-refractivity contribution in [3.05, 3.63) is 69.7 Å². The minimum absolute atomic E-state index is 0.0911. The molecule has 0 radical (unpaired) electrons. The fraction of sp³-hybridized carbons (Fsp3) is 0.118. The Labute approximate surface area is 154 Å². The Morgan fingerprint density at radius 3 is 2.54 bits per heavy atom. The monoisotopic (exact) mass is 377 g/mol. The number of carbonyl (C=O) groups is 1. The highest BCUT2D eigenvalue weighted by molar-refractivity contribution is 8.15. The summed E-state index contributed by atoms with van der Waals surface area (Å²) >= 11 is 13.5. The summed E-state index contributed by atoms with van der Waals surface area (Å²) in [5, 5.41) is 12.2. The van der Waals surface area contributed by atoms with Crippen LogP contribution in [0.2, 0.25) is 10.0 Å². The van der Waals surface area contributed by atoms with Crippen molar-refractivity contribution in [2.24, 2.45) is 10.2 Å². The molecule has 3 rings (SSSR count). The van der Waals surface area contributed by atoms with Gasteiger partial charge in [0.1, 0.15) is 0 Å². The van der Waals surface area contributed by atoms with Crippen molar-refractivity contribution < 1.29 is 4.79 Å². The summed E-state index contributed by atoms with van der Waals surface area (Å²) in [6.45, 7) is 0. The second-order valence-electron chi connectivity index (χ2n) is 5.06. The molecule has 7 heteroatoms. The molecule has 0 aromatic heterocycles. The van der Waals surface area contributed by atoms with E-state index in [4.69, 9.17) is 23.2 Å². The number of halogens is 2. The molecule has 24 heavy (non-hydrogen) atoms. The Balaban J connectivity index is 1.66. The number of amides is 1. The second-order valence-corrected chi connectivity index (χ2v) is 7.07. The zero-order chi connectivity index (χ0) is 16.9. The third-order valence-electron chi connectivity index (χ3n) is 3.39. The lowest BCUT2D eigenvalue weighted by atomic mass is 10.1. The van der Waals surface area contributed by atoms with Crippen molar-refractivity contribution in [1.29, 1.82) is 0 Å². The standard InChI is InChI=1S/C17H13Cl2N3OS/c18-13-7-3-1-5-11(13)9-15-16(23)21-17(24-15)22-20-10-12-6-2-4-8-14(12)19/h1-8,10,15H,9H2,(H,21,22,23)/b20-10-/t15-/m0/s1. The zero-order valence-corrected chi connectivity index (χ0v) is 14.8. The van der Waals surface area contributed by atoms with Crippen LogP contribution in [-0.2, 0) is 11.2 Å². The summed E-state index contributed by atoms with van der Waals surface area (Å²) < 4.78 is 0. The molecule has 0 spiro atoms. The first-order valence-corrected chi connectivity index (χ1v) is 8.83. The molecule has 122 valence electrons. The van der Waals surface area contributed by atoms with E-state index >= 15 is 0 Å². The molecule has 1 aliphatic heterocycles. The van der Waals surface area contributed by atoms with E-state index in [2.05, 4.69) is 15.5 Å². The SMILES string of the molecule is O=C1N/C(=N\N=C/c2ccccc2Cl)S[C@H]1Cc1ccccc1Cl. The highest BCUT2D eigenvalue weighted by Crippen LogP contribution is 2.26. The van der Waals surface area contributed by atoms with Crippen LogP contribution in [0, 0.1) is 0 Å². The number of nitrogens with one attached hydrogen (secondary N) is 1. The number of amidine groups is 1. The number of hydrogen-bond acceptors (Lipinski definition) is 4. The van der Waals surface area contributed by atoms with Gasteiger partial charge in [0.15, 0.2) is 5.17 Å². The van der Waals surface area contributed by atoms with Gasteiger partial charge >= 0.3 is 0 Å². The lowest BCUT2D eigenvalue weighted by molar-refractivity contribution is -0.118. The quantitative estimate of drug-likeness (QED) is 0.642. The first-order valence-electron chi connectivity index (χ1n) is 7.20. The van der Waals surface area contributed by atoms with Crippen molar-refractivity contribution >= 4 is 52.3 Å². The molecule has 1 fully saturated rings. The van der Waals surface area contributed by atoms with Gasteiger partial charge < -0.3 is 5.32 Å². The molecule has 1 atom stereocenters. The molecular formula is C17H13Cl2N3OS. The van der Waals surface area contributed by atoms with Crippen molar-refractivity contribution in [2.45, 2.75) is 11.7 Å². The summed E-state index contributed by atoms with van der Waals surface area (Å²) in [4.78, 5) is 12.1. The molecule has 0 unspecified atom stereocenters. The Kier molecular flexibility index (Phi) is 5.56. The molecule has 1 saturated heterocycles. The van der Waals surface area contributed by atoms with E-state index in [0.29, 0.717) is 21.6 Å². The lowest BCUT2D eigenvalue weighted by Crippen LogP contribution is -2.26. The number of rotatable bonds is 4. The smallest absolute Gasteiger partial charge is 0.239 e. The van der Waals surface area contributed by atoms with Crippen LogP contribution in [0.1, 0.15) is 11.1 Å². The van der Waals surface area contributed by atoms with E-state index in [1.165, 1.54) is 11.8 Å². The maximum absolute atomic E-state index is 12.1. The average Bonchev–Trinajstić information content (AvgIpc) is 2.91. The van der Waals surface area contributed by atoms with E-state index in [1.807, 2.05) is 42.5 Å². The van der Waals surface area contributed by atoms with E-state index in [9.17, 15) is 4.79 Å². The van der Waals surface area contributed by atoms with Crippen LogP contribution in [0.3, 0.4) is 0 Å². The number of benzene rings is 2. The fourth-order valence-corrected chi connectivity index (χ4v) is 3.52. The van der Waals surface area contributed by atoms with Gasteiger partial charge in [-0.25, -0.2) is 0 Å². The van der Waals surface area contributed by atoms with Gasteiger partial charge in [0.2, 0.25) is 5.91 Å². The van der Waals surface area contributed by atoms with E-state index in [-0.39, 0.29) is 11.2 Å². The van der Waals surface area contributed by atoms with Gasteiger partial charge in [0.25, 0.3) is 0 Å². The van der Waals surface area contributed by atoms with E-state index in [0.717, 1.165) is 11.1 Å². The van der Waals surface area contributed by atoms with Crippen molar-refractivity contribution in [2.75, 3.05) is 0 Å². The molecule has 2 aromatic rings. The van der Waals surface area contributed by atoms with Crippen LogP contribution < -0.4 is 5.32 Å². The molecule has 1 aliphatic rings. The minimum atomic E-state index is -0.265. The average molecular weight is 378 g/mol. The fourth-order valence-electron chi connectivity index (χ4n) is 2.17. The molecule has 1 N–H and O–H groups in total. The normalized spacial score (nSPS) is 19.2. The van der Waals surface area contributed by atoms with Crippen LogP contribution in [-0.4, -0.2) is 22.5 Å². The van der Waals surface area contributed by atoms with Gasteiger partial charge in [-0.05, 0) is 24.1 Å². The van der Waals surface area contributed by atoms with Gasteiger partial charge in [0, 0.05) is 15.6 Å². The van der Waals surface area contributed by atoms with Crippen molar-refractivity contribution in [3.8, 4) is 0 Å². The summed E-state index contributed by atoms with van der Waals surface area (Å²) in [5.74, 6) is -0.0911. The first-order chi connectivity index (χ1) is 11.6. The van der Waals surface area contributed by atoms with Gasteiger partial charge in [-0.15, -0.1) is 5.10 Å². The maximum atomic E-state index is 12.1. The highest BCUT2D eigenvalue weighted by atomic mass is 35.5. The first kappa shape index (κ1) is 17.0. The summed E-state index contributed by atoms with van der Waals surface area (Å²) in [5.41, 5.74) is 1.71. The topological polar surface area (TPSA) is 53.8 Å². The van der Waals surface area contributed by atoms with Gasteiger partial charge in [-0.1, -0.05) is 71.4 Å². The van der Waals surface area contributed by atoms with E-state index in [1.54, 1.807) is 12.3 Å². The van der Waals surface area contributed by atoms with Crippen LogP contribution >= 0.6 is 35.0 Å². The minimum Gasteiger partial charge on any atom is -0.303 e. The maximum Gasteiger partial charge on any atom is 0.239 e. The van der Waals surface area contributed by atoms with Crippen molar-refractivity contribution in [1.82, 2.24) is 5.32 Å². The molecule has 0 saturated carbocycles. The summed E-state index contributed by atoms with van der Waals surface area (Å²) in [7, 11) is 0. The molecule has 1 heterocycles. The van der Waals surface area contributed by atoms with Crippen LogP contribution in [0.15, 0.2) is 58.7 Å². The predicted molar refractivity (Wildman–Crippen MR) is 101 cm³/mol. The molecule has 2 aromatic carbocycles. The van der Waals surface area contributed by atoms with Gasteiger partial charge in [-0.2, -0.15) is 5.10 Å². The Morgan fingerprint density at radius 1 is 1.08 bits per heavy atom. The third kappa shape index (κ3) is 4.17. The van der Waals surface area contributed by atoms with Gasteiger partial charge in [-0.3, -0.25) is 4.79 Å². The Hall–Kier alpha value is -1.82. The molecule has 0 bridgehead atoms. The molecule has 1 amide bonds. The summed E-state index contributed by atoms with van der Waals surface area (Å²) in [6, 6.07) is 14.8. The van der Waals surface area contributed by atoms with Crippen LogP contribution in [0.4, 0.5) is 0 Å². The van der Waals surface area contributed by atoms with Crippen LogP contribution in [0.25, 0.3) is 0 Å². The zero-order valence-electron chi connectivity index (χ0n) is 12.4. The lowest BCUT2D eigenvalue weighted by Gasteiger charge is -2.06. The molecular weight excluding hydrogens is 365 g/mol. The largest absolute Gasteiger partial charge is 0.303 e. The molecule has 4 nitrogen and oxygen atoms in total. The van der Waals surface area contributed by atoms with E-state index < -0.39 is 0 Å².